The normalized spacial score (nSPS) is 25.0. The molecule has 0 N–H and O–H groups in total. The van der Waals surface area contributed by atoms with Gasteiger partial charge >= 0.3 is 12.4 Å². The zero-order valence-electron chi connectivity index (χ0n) is 14.8. The Balaban J connectivity index is 2.07. The number of alkyl halides is 6. The fourth-order valence-electron chi connectivity index (χ4n) is 4.87. The Morgan fingerprint density at radius 2 is 1.32 bits per heavy atom. The van der Waals surface area contributed by atoms with E-state index in [2.05, 4.69) is 0 Å². The third-order valence-corrected chi connectivity index (χ3v) is 5.70. The molecular formula is C22H16F6. The lowest BCUT2D eigenvalue weighted by Crippen LogP contribution is -2.34. The van der Waals surface area contributed by atoms with Crippen LogP contribution in [0.2, 0.25) is 0 Å². The number of fused-ring (bicyclic) bond motifs is 2. The highest BCUT2D eigenvalue weighted by Crippen LogP contribution is 2.70. The molecule has 6 heteroatoms. The fraction of sp³-hybridized carbons (Fsp3) is 0.273. The van der Waals surface area contributed by atoms with E-state index in [9.17, 15) is 26.3 Å². The minimum atomic E-state index is -5.07. The third kappa shape index (κ3) is 2.69. The van der Waals surface area contributed by atoms with Gasteiger partial charge in [0.05, 0.1) is 11.1 Å². The van der Waals surface area contributed by atoms with Crippen molar-refractivity contribution in [3.05, 3.63) is 88.5 Å². The molecule has 0 aromatic heterocycles. The third-order valence-electron chi connectivity index (χ3n) is 5.70. The molecule has 146 valence electrons. The lowest BCUT2D eigenvalue weighted by Gasteiger charge is -2.38. The van der Waals surface area contributed by atoms with Crippen LogP contribution in [0.5, 0.6) is 0 Å². The van der Waals surface area contributed by atoms with Crippen LogP contribution in [0.25, 0.3) is 5.57 Å². The molecule has 2 aliphatic carbocycles. The second kappa shape index (κ2) is 6.00. The lowest BCUT2D eigenvalue weighted by molar-refractivity contribution is -0.121. The van der Waals surface area contributed by atoms with Crippen molar-refractivity contribution in [1.82, 2.24) is 0 Å². The van der Waals surface area contributed by atoms with Gasteiger partial charge in [-0.15, -0.1) is 0 Å². The summed E-state index contributed by atoms with van der Waals surface area (Å²) >= 11 is 0. The molecule has 0 fully saturated rings. The smallest absolute Gasteiger partial charge is 0.166 e. The first-order valence-electron chi connectivity index (χ1n) is 8.78. The Bertz CT molecular complexity index is 964. The van der Waals surface area contributed by atoms with E-state index in [-0.39, 0.29) is 12.0 Å². The first-order valence-corrected chi connectivity index (χ1v) is 8.78. The Morgan fingerprint density at radius 3 is 1.82 bits per heavy atom. The molecule has 2 atom stereocenters. The first kappa shape index (κ1) is 18.8. The van der Waals surface area contributed by atoms with Gasteiger partial charge in [0, 0.05) is 11.3 Å². The van der Waals surface area contributed by atoms with Crippen molar-refractivity contribution in [2.45, 2.75) is 31.6 Å². The molecule has 0 nitrogen and oxygen atoms in total. The predicted octanol–water partition coefficient (Wildman–Crippen LogP) is 7.07. The van der Waals surface area contributed by atoms with Crippen LogP contribution in [-0.2, 0) is 0 Å². The number of hydrogen-bond donors (Lipinski definition) is 0. The topological polar surface area (TPSA) is 0 Å². The van der Waals surface area contributed by atoms with Gasteiger partial charge in [-0.2, -0.15) is 26.3 Å². The molecule has 0 amide bonds. The van der Waals surface area contributed by atoms with Gasteiger partial charge in [-0.25, -0.2) is 0 Å². The number of benzene rings is 2. The summed E-state index contributed by atoms with van der Waals surface area (Å²) in [6.45, 7) is 1.31. The summed E-state index contributed by atoms with van der Waals surface area (Å²) in [5.41, 5.74) is -3.44. The minimum Gasteiger partial charge on any atom is -0.166 e. The summed E-state index contributed by atoms with van der Waals surface area (Å²) in [4.78, 5) is 0. The Labute approximate surface area is 158 Å². The summed E-state index contributed by atoms with van der Waals surface area (Å²) in [6.07, 6.45) is -10.4. The predicted molar refractivity (Wildman–Crippen MR) is 94.4 cm³/mol. The van der Waals surface area contributed by atoms with E-state index in [0.717, 1.165) is 0 Å². The van der Waals surface area contributed by atoms with Gasteiger partial charge in [-0.1, -0.05) is 67.6 Å². The average molecular weight is 394 g/mol. The maximum absolute atomic E-state index is 13.9. The summed E-state index contributed by atoms with van der Waals surface area (Å²) in [5, 5.41) is 0. The SMILES string of the molecule is CC12CC(=C(c3ccccc3)C1c1ccccc1)C(C(F)(F)F)=C2C(F)(F)F. The zero-order chi connectivity index (χ0) is 20.3. The highest BCUT2D eigenvalue weighted by Gasteiger charge is 2.65. The van der Waals surface area contributed by atoms with Crippen LogP contribution in [0.3, 0.4) is 0 Å². The van der Waals surface area contributed by atoms with Crippen molar-refractivity contribution in [1.29, 1.82) is 0 Å². The van der Waals surface area contributed by atoms with E-state index in [1.54, 1.807) is 60.7 Å². The van der Waals surface area contributed by atoms with Crippen molar-refractivity contribution in [3.63, 3.8) is 0 Å². The highest BCUT2D eigenvalue weighted by atomic mass is 19.4. The number of rotatable bonds is 2. The molecule has 0 heterocycles. The van der Waals surface area contributed by atoms with Crippen LogP contribution in [0.1, 0.15) is 30.4 Å². The van der Waals surface area contributed by atoms with Crippen LogP contribution >= 0.6 is 0 Å². The molecule has 28 heavy (non-hydrogen) atoms. The molecule has 2 bridgehead atoms. The monoisotopic (exact) mass is 394 g/mol. The van der Waals surface area contributed by atoms with Gasteiger partial charge in [0.1, 0.15) is 0 Å². The quantitative estimate of drug-likeness (QED) is 0.478. The molecular weight excluding hydrogens is 378 g/mol. The molecule has 0 saturated heterocycles. The van der Waals surface area contributed by atoms with Crippen LogP contribution in [0.4, 0.5) is 26.3 Å². The molecule has 2 aromatic rings. The molecule has 2 aliphatic rings. The van der Waals surface area contributed by atoms with Gasteiger partial charge in [0.25, 0.3) is 0 Å². The standard InChI is InChI=1S/C22H16F6/c1-20-12-15(18(21(23,24)25)19(20)22(26,27)28)16(13-8-4-2-5-9-13)17(20)14-10-6-3-7-11-14/h2-11,17H,12H2,1H3. The van der Waals surface area contributed by atoms with Gasteiger partial charge in [-0.05, 0) is 28.7 Å². The van der Waals surface area contributed by atoms with Crippen molar-refractivity contribution >= 4 is 5.57 Å². The van der Waals surface area contributed by atoms with E-state index in [0.29, 0.717) is 16.7 Å². The Morgan fingerprint density at radius 1 is 0.786 bits per heavy atom. The zero-order valence-corrected chi connectivity index (χ0v) is 14.8. The number of allylic oxidation sites excluding steroid dienone is 4. The van der Waals surface area contributed by atoms with Gasteiger partial charge < -0.3 is 0 Å². The van der Waals surface area contributed by atoms with Gasteiger partial charge in [-0.3, -0.25) is 0 Å². The molecule has 2 unspecified atom stereocenters. The average Bonchev–Trinajstić information content (AvgIpc) is 3.10. The van der Waals surface area contributed by atoms with E-state index < -0.39 is 34.8 Å². The second-order valence-corrected chi connectivity index (χ2v) is 7.44. The van der Waals surface area contributed by atoms with E-state index in [1.165, 1.54) is 6.92 Å². The van der Waals surface area contributed by atoms with Crippen molar-refractivity contribution in [3.8, 4) is 0 Å². The fourth-order valence-corrected chi connectivity index (χ4v) is 4.87. The summed E-state index contributed by atoms with van der Waals surface area (Å²) < 4.78 is 83.0. The lowest BCUT2D eigenvalue weighted by atomic mass is 9.66. The van der Waals surface area contributed by atoms with Crippen molar-refractivity contribution in [2.24, 2.45) is 5.41 Å². The molecule has 2 aromatic carbocycles. The van der Waals surface area contributed by atoms with Crippen LogP contribution in [-0.4, -0.2) is 12.4 Å². The maximum atomic E-state index is 13.9. The summed E-state index contributed by atoms with van der Waals surface area (Å²) in [6, 6.07) is 16.9. The van der Waals surface area contributed by atoms with E-state index in [4.69, 9.17) is 0 Å². The van der Waals surface area contributed by atoms with Crippen molar-refractivity contribution < 1.29 is 26.3 Å². The molecule has 0 saturated carbocycles. The van der Waals surface area contributed by atoms with Crippen LogP contribution in [0.15, 0.2) is 77.4 Å². The van der Waals surface area contributed by atoms with E-state index in [1.807, 2.05) is 0 Å². The largest absolute Gasteiger partial charge is 0.416 e. The van der Waals surface area contributed by atoms with Crippen molar-refractivity contribution in [2.75, 3.05) is 0 Å². The molecule has 4 rings (SSSR count). The summed E-state index contributed by atoms with van der Waals surface area (Å²) in [7, 11) is 0. The Kier molecular flexibility index (Phi) is 4.04. The maximum Gasteiger partial charge on any atom is 0.416 e. The first-order chi connectivity index (χ1) is 13.0. The minimum absolute atomic E-state index is 0.234. The van der Waals surface area contributed by atoms with E-state index >= 15 is 0 Å². The number of hydrogen-bond acceptors (Lipinski definition) is 0. The highest BCUT2D eigenvalue weighted by molar-refractivity contribution is 5.86. The van der Waals surface area contributed by atoms with Gasteiger partial charge in [0.15, 0.2) is 0 Å². The second-order valence-electron chi connectivity index (χ2n) is 7.44. The summed E-state index contributed by atoms with van der Waals surface area (Å²) in [5.74, 6) is -0.797. The number of halogens is 6. The van der Waals surface area contributed by atoms with Crippen LogP contribution < -0.4 is 0 Å². The Hall–Kier alpha value is -2.50. The molecule has 0 spiro atoms. The van der Waals surface area contributed by atoms with Gasteiger partial charge in [0.2, 0.25) is 0 Å². The molecule has 0 radical (unpaired) electrons. The molecule has 0 aliphatic heterocycles. The van der Waals surface area contributed by atoms with Crippen LogP contribution in [0, 0.1) is 5.41 Å².